The Hall–Kier alpha value is -2.75. The van der Waals surface area contributed by atoms with E-state index in [-0.39, 0.29) is 5.91 Å². The van der Waals surface area contributed by atoms with Gasteiger partial charge in [-0.3, -0.25) is 4.79 Å². The number of hydrogen-bond acceptors (Lipinski definition) is 3. The Kier molecular flexibility index (Phi) is 5.80. The van der Waals surface area contributed by atoms with Crippen molar-refractivity contribution in [2.75, 3.05) is 14.2 Å². The third kappa shape index (κ3) is 4.61. The Morgan fingerprint density at radius 2 is 1.91 bits per heavy atom. The topological polar surface area (TPSA) is 47.6 Å². The monoisotopic (exact) mass is 311 g/mol. The predicted octanol–water partition coefficient (Wildman–Crippen LogP) is 3.34. The molecule has 0 saturated carbocycles. The lowest BCUT2D eigenvalue weighted by Gasteiger charge is -2.12. The van der Waals surface area contributed by atoms with Crippen molar-refractivity contribution in [3.63, 3.8) is 0 Å². The fourth-order valence-corrected chi connectivity index (χ4v) is 2.28. The number of rotatable bonds is 6. The largest absolute Gasteiger partial charge is 0.493 e. The van der Waals surface area contributed by atoms with Crippen molar-refractivity contribution in [2.24, 2.45) is 0 Å². The zero-order valence-corrected chi connectivity index (χ0v) is 13.6. The first-order chi connectivity index (χ1) is 11.1. The van der Waals surface area contributed by atoms with Crippen molar-refractivity contribution < 1.29 is 14.3 Å². The highest BCUT2D eigenvalue weighted by molar-refractivity contribution is 5.91. The van der Waals surface area contributed by atoms with Crippen LogP contribution in [0.15, 0.2) is 48.5 Å². The van der Waals surface area contributed by atoms with Gasteiger partial charge in [-0.1, -0.05) is 42.0 Å². The zero-order chi connectivity index (χ0) is 16.7. The molecule has 4 nitrogen and oxygen atoms in total. The van der Waals surface area contributed by atoms with Crippen LogP contribution in [-0.4, -0.2) is 20.1 Å². The minimum Gasteiger partial charge on any atom is -0.493 e. The van der Waals surface area contributed by atoms with Crippen LogP contribution in [-0.2, 0) is 11.3 Å². The number of amides is 1. The molecule has 0 unspecified atom stereocenters. The molecular formula is C19H21NO3. The molecule has 0 heterocycles. The summed E-state index contributed by atoms with van der Waals surface area (Å²) in [5.74, 6) is 1.13. The van der Waals surface area contributed by atoms with Gasteiger partial charge in [0.05, 0.1) is 14.2 Å². The molecule has 0 aliphatic rings. The number of carbonyl (C=O) groups is 1. The number of aryl methyl sites for hydroxylation is 1. The van der Waals surface area contributed by atoms with Gasteiger partial charge in [0.1, 0.15) is 0 Å². The van der Waals surface area contributed by atoms with Gasteiger partial charge in [-0.15, -0.1) is 0 Å². The summed E-state index contributed by atoms with van der Waals surface area (Å²) in [5.41, 5.74) is 3.02. The van der Waals surface area contributed by atoms with E-state index in [4.69, 9.17) is 9.47 Å². The molecule has 0 atom stereocenters. The van der Waals surface area contributed by atoms with Gasteiger partial charge in [-0.2, -0.15) is 0 Å². The van der Waals surface area contributed by atoms with Crippen LogP contribution >= 0.6 is 0 Å². The summed E-state index contributed by atoms with van der Waals surface area (Å²) in [7, 11) is 3.17. The highest BCUT2D eigenvalue weighted by atomic mass is 16.5. The van der Waals surface area contributed by atoms with E-state index in [1.54, 1.807) is 20.3 Å². The van der Waals surface area contributed by atoms with E-state index < -0.39 is 0 Å². The van der Waals surface area contributed by atoms with Gasteiger partial charge in [-0.05, 0) is 24.6 Å². The van der Waals surface area contributed by atoms with Crippen LogP contribution in [0.1, 0.15) is 16.7 Å². The first-order valence-corrected chi connectivity index (χ1v) is 7.36. The molecule has 23 heavy (non-hydrogen) atoms. The molecule has 0 saturated heterocycles. The van der Waals surface area contributed by atoms with Gasteiger partial charge >= 0.3 is 0 Å². The molecule has 0 spiro atoms. The quantitative estimate of drug-likeness (QED) is 0.832. The third-order valence-electron chi connectivity index (χ3n) is 3.41. The highest BCUT2D eigenvalue weighted by Crippen LogP contribution is 2.30. The zero-order valence-electron chi connectivity index (χ0n) is 13.6. The van der Waals surface area contributed by atoms with Crippen molar-refractivity contribution in [3.8, 4) is 11.5 Å². The molecule has 2 rings (SSSR count). The van der Waals surface area contributed by atoms with E-state index >= 15 is 0 Å². The molecule has 2 aromatic carbocycles. The fraction of sp³-hybridized carbons (Fsp3) is 0.211. The first kappa shape index (κ1) is 16.6. The minimum absolute atomic E-state index is 0.156. The summed E-state index contributed by atoms with van der Waals surface area (Å²) >= 11 is 0. The molecular weight excluding hydrogens is 290 g/mol. The van der Waals surface area contributed by atoms with Crippen molar-refractivity contribution in [1.29, 1.82) is 0 Å². The Bertz CT molecular complexity index is 708. The average Bonchev–Trinajstić information content (AvgIpc) is 2.57. The maximum Gasteiger partial charge on any atom is 0.244 e. The number of para-hydroxylation sites is 1. The van der Waals surface area contributed by atoms with Crippen molar-refractivity contribution in [2.45, 2.75) is 13.5 Å². The number of hydrogen-bond donors (Lipinski definition) is 1. The van der Waals surface area contributed by atoms with E-state index in [2.05, 4.69) is 5.32 Å². The maximum atomic E-state index is 12.0. The van der Waals surface area contributed by atoms with Crippen LogP contribution in [0, 0.1) is 6.92 Å². The Balaban J connectivity index is 1.99. The van der Waals surface area contributed by atoms with E-state index in [1.165, 1.54) is 6.08 Å². The van der Waals surface area contributed by atoms with Crippen LogP contribution in [0.5, 0.6) is 11.5 Å². The molecule has 1 N–H and O–H groups in total. The SMILES string of the molecule is COc1cccc(CNC(=O)/C=C/c2cccc(C)c2)c1OC. The predicted molar refractivity (Wildman–Crippen MR) is 91.6 cm³/mol. The Morgan fingerprint density at radius 1 is 1.13 bits per heavy atom. The average molecular weight is 311 g/mol. The Labute approximate surface area is 136 Å². The van der Waals surface area contributed by atoms with Crippen molar-refractivity contribution >= 4 is 12.0 Å². The van der Waals surface area contributed by atoms with Crippen LogP contribution in [0.4, 0.5) is 0 Å². The van der Waals surface area contributed by atoms with E-state index in [0.717, 1.165) is 16.7 Å². The summed E-state index contributed by atoms with van der Waals surface area (Å²) < 4.78 is 10.6. The van der Waals surface area contributed by atoms with Gasteiger partial charge in [0.2, 0.25) is 5.91 Å². The van der Waals surface area contributed by atoms with E-state index in [0.29, 0.717) is 18.0 Å². The molecule has 2 aromatic rings. The summed E-state index contributed by atoms with van der Waals surface area (Å²) in [4.78, 5) is 12.0. The highest BCUT2D eigenvalue weighted by Gasteiger charge is 2.09. The molecule has 0 aromatic heterocycles. The number of ether oxygens (including phenoxy) is 2. The van der Waals surface area contributed by atoms with Crippen LogP contribution in [0.25, 0.3) is 6.08 Å². The van der Waals surface area contributed by atoms with Gasteiger partial charge in [0.25, 0.3) is 0 Å². The molecule has 120 valence electrons. The van der Waals surface area contributed by atoms with E-state index in [1.807, 2.05) is 49.4 Å². The molecule has 4 heteroatoms. The Morgan fingerprint density at radius 3 is 2.61 bits per heavy atom. The van der Waals surface area contributed by atoms with Crippen LogP contribution < -0.4 is 14.8 Å². The number of nitrogens with one attached hydrogen (secondary N) is 1. The van der Waals surface area contributed by atoms with Crippen molar-refractivity contribution in [1.82, 2.24) is 5.32 Å². The van der Waals surface area contributed by atoms with Gasteiger partial charge in [0.15, 0.2) is 11.5 Å². The third-order valence-corrected chi connectivity index (χ3v) is 3.41. The fourth-order valence-electron chi connectivity index (χ4n) is 2.28. The second-order valence-electron chi connectivity index (χ2n) is 5.12. The molecule has 0 aliphatic carbocycles. The molecule has 0 fully saturated rings. The smallest absolute Gasteiger partial charge is 0.244 e. The lowest BCUT2D eigenvalue weighted by atomic mass is 10.1. The molecule has 0 bridgehead atoms. The second-order valence-corrected chi connectivity index (χ2v) is 5.12. The summed E-state index contributed by atoms with van der Waals surface area (Å²) in [6, 6.07) is 13.6. The number of methoxy groups -OCH3 is 2. The van der Waals surface area contributed by atoms with Crippen LogP contribution in [0.3, 0.4) is 0 Å². The van der Waals surface area contributed by atoms with Gasteiger partial charge in [0, 0.05) is 18.2 Å². The summed E-state index contributed by atoms with van der Waals surface area (Å²) in [6.07, 6.45) is 3.33. The standard InChI is InChI=1S/C19H21NO3/c1-14-6-4-7-15(12-14)10-11-18(21)20-13-16-8-5-9-17(22-2)19(16)23-3/h4-12H,13H2,1-3H3,(H,20,21)/b11-10+. The molecule has 0 radical (unpaired) electrons. The summed E-state index contributed by atoms with van der Waals surface area (Å²) in [6.45, 7) is 2.39. The lowest BCUT2D eigenvalue weighted by molar-refractivity contribution is -0.116. The van der Waals surface area contributed by atoms with Gasteiger partial charge in [-0.25, -0.2) is 0 Å². The molecule has 1 amide bonds. The number of carbonyl (C=O) groups excluding carboxylic acids is 1. The number of benzene rings is 2. The summed E-state index contributed by atoms with van der Waals surface area (Å²) in [5, 5.41) is 2.85. The lowest BCUT2D eigenvalue weighted by Crippen LogP contribution is -2.20. The second kappa shape index (κ2) is 8.03. The van der Waals surface area contributed by atoms with Crippen molar-refractivity contribution in [3.05, 3.63) is 65.2 Å². The molecule has 0 aliphatic heterocycles. The minimum atomic E-state index is -0.156. The first-order valence-electron chi connectivity index (χ1n) is 7.36. The maximum absolute atomic E-state index is 12.0. The van der Waals surface area contributed by atoms with Gasteiger partial charge < -0.3 is 14.8 Å². The van der Waals surface area contributed by atoms with Crippen LogP contribution in [0.2, 0.25) is 0 Å². The normalized spacial score (nSPS) is 10.6. The van der Waals surface area contributed by atoms with E-state index in [9.17, 15) is 4.79 Å².